The molecule has 1 aliphatic heterocycles. The van der Waals surface area contributed by atoms with Gasteiger partial charge >= 0.3 is 12.1 Å². The van der Waals surface area contributed by atoms with E-state index in [0.717, 1.165) is 16.9 Å². The maximum atomic E-state index is 12.4. The summed E-state index contributed by atoms with van der Waals surface area (Å²) >= 11 is 0. The van der Waals surface area contributed by atoms with Gasteiger partial charge in [0.05, 0.1) is 13.2 Å². The van der Waals surface area contributed by atoms with Gasteiger partial charge in [0.1, 0.15) is 6.54 Å². The molecule has 1 unspecified atom stereocenters. The summed E-state index contributed by atoms with van der Waals surface area (Å²) in [5.74, 6) is -1.70. The Labute approximate surface area is 116 Å². The first-order valence-corrected chi connectivity index (χ1v) is 6.00. The van der Waals surface area contributed by atoms with Gasteiger partial charge in [-0.05, 0) is 6.07 Å². The molecule has 10 heteroatoms. The molecule has 1 aromatic heterocycles. The monoisotopic (exact) mass is 307 g/mol. The standard InChI is InChI=1S/C11H12F3N3O4/c12-11(13,14)8-1-2-17(15-8)6-9(18)16-3-4-21-7(5-16)10(19)20/h1-2,7H,3-6H2,(H,19,20). The number of alkyl halides is 3. The quantitative estimate of drug-likeness (QED) is 0.863. The predicted octanol–water partition coefficient (Wildman–Crippen LogP) is 0.214. The summed E-state index contributed by atoms with van der Waals surface area (Å²) in [6.45, 7) is -0.268. The number of carbonyl (C=O) groups is 2. The van der Waals surface area contributed by atoms with Gasteiger partial charge in [-0.25, -0.2) is 4.79 Å². The first kappa shape index (κ1) is 15.3. The van der Waals surface area contributed by atoms with E-state index in [1.807, 2.05) is 0 Å². The van der Waals surface area contributed by atoms with Crippen molar-refractivity contribution in [2.45, 2.75) is 18.8 Å². The average molecular weight is 307 g/mol. The van der Waals surface area contributed by atoms with E-state index in [0.29, 0.717) is 0 Å². The van der Waals surface area contributed by atoms with Gasteiger partial charge in [0.25, 0.3) is 0 Å². The largest absolute Gasteiger partial charge is 0.479 e. The molecule has 0 radical (unpaired) electrons. The number of nitrogens with zero attached hydrogens (tertiary/aromatic N) is 3. The molecule has 1 aromatic rings. The number of carboxylic acid groups (broad SMARTS) is 1. The highest BCUT2D eigenvalue weighted by Gasteiger charge is 2.34. The molecule has 0 saturated carbocycles. The number of halogens is 3. The fourth-order valence-corrected chi connectivity index (χ4v) is 1.86. The summed E-state index contributed by atoms with van der Waals surface area (Å²) in [6, 6.07) is 0.770. The number of ether oxygens (including phenoxy) is 1. The summed E-state index contributed by atoms with van der Waals surface area (Å²) < 4.78 is 43.0. The van der Waals surface area contributed by atoms with Crippen molar-refractivity contribution < 1.29 is 32.6 Å². The average Bonchev–Trinajstić information content (AvgIpc) is 2.87. The first-order chi connectivity index (χ1) is 9.77. The SMILES string of the molecule is O=C(O)C1CN(C(=O)Cn2ccc(C(F)(F)F)n2)CCO1. The smallest absolute Gasteiger partial charge is 0.435 e. The predicted molar refractivity (Wildman–Crippen MR) is 61.2 cm³/mol. The van der Waals surface area contributed by atoms with Crippen LogP contribution in [0.25, 0.3) is 0 Å². The second kappa shape index (κ2) is 5.72. The summed E-state index contributed by atoms with van der Waals surface area (Å²) in [7, 11) is 0. The molecule has 0 bridgehead atoms. The Morgan fingerprint density at radius 3 is 2.76 bits per heavy atom. The zero-order valence-corrected chi connectivity index (χ0v) is 10.7. The highest BCUT2D eigenvalue weighted by molar-refractivity contribution is 5.78. The Balaban J connectivity index is 1.98. The Kier molecular flexibility index (Phi) is 4.16. The fourth-order valence-electron chi connectivity index (χ4n) is 1.86. The van der Waals surface area contributed by atoms with Gasteiger partial charge in [-0.15, -0.1) is 0 Å². The van der Waals surface area contributed by atoms with Crippen molar-refractivity contribution in [1.29, 1.82) is 0 Å². The molecule has 1 fully saturated rings. The molecular formula is C11H12F3N3O4. The van der Waals surface area contributed by atoms with Gasteiger partial charge in [0, 0.05) is 12.7 Å². The summed E-state index contributed by atoms with van der Waals surface area (Å²) in [5, 5.41) is 12.1. The molecule has 0 aromatic carbocycles. The molecule has 0 aliphatic carbocycles. The second-order valence-corrected chi connectivity index (χ2v) is 4.43. The van der Waals surface area contributed by atoms with Gasteiger partial charge in [0.2, 0.25) is 5.91 Å². The molecule has 1 atom stereocenters. The first-order valence-electron chi connectivity index (χ1n) is 6.00. The van der Waals surface area contributed by atoms with Crippen molar-refractivity contribution in [3.63, 3.8) is 0 Å². The van der Waals surface area contributed by atoms with Crippen molar-refractivity contribution in [3.8, 4) is 0 Å². The topological polar surface area (TPSA) is 84.7 Å². The van der Waals surface area contributed by atoms with Crippen LogP contribution in [0.5, 0.6) is 0 Å². The number of hydrogen-bond acceptors (Lipinski definition) is 4. The lowest BCUT2D eigenvalue weighted by Gasteiger charge is -2.30. The van der Waals surface area contributed by atoms with Crippen LogP contribution in [0.3, 0.4) is 0 Å². The summed E-state index contributed by atoms with van der Waals surface area (Å²) in [4.78, 5) is 24.0. The molecule has 2 rings (SSSR count). The molecule has 7 nitrogen and oxygen atoms in total. The van der Waals surface area contributed by atoms with Crippen LogP contribution >= 0.6 is 0 Å². The van der Waals surface area contributed by atoms with Crippen LogP contribution in [0.4, 0.5) is 13.2 Å². The molecule has 1 aliphatic rings. The third-order valence-corrected chi connectivity index (χ3v) is 2.92. The van der Waals surface area contributed by atoms with E-state index in [1.54, 1.807) is 0 Å². The number of hydrogen-bond donors (Lipinski definition) is 1. The van der Waals surface area contributed by atoms with Crippen LogP contribution < -0.4 is 0 Å². The Morgan fingerprint density at radius 1 is 1.48 bits per heavy atom. The highest BCUT2D eigenvalue weighted by atomic mass is 19.4. The molecule has 1 saturated heterocycles. The van der Waals surface area contributed by atoms with E-state index in [1.165, 1.54) is 4.90 Å². The van der Waals surface area contributed by atoms with Crippen molar-refractivity contribution in [2.24, 2.45) is 0 Å². The number of aromatic nitrogens is 2. The summed E-state index contributed by atoms with van der Waals surface area (Å²) in [5.41, 5.74) is -1.08. The van der Waals surface area contributed by atoms with E-state index in [-0.39, 0.29) is 26.2 Å². The van der Waals surface area contributed by atoms with Crippen molar-refractivity contribution >= 4 is 11.9 Å². The lowest BCUT2D eigenvalue weighted by atomic mass is 10.2. The number of rotatable bonds is 3. The van der Waals surface area contributed by atoms with Crippen LogP contribution in [-0.4, -0.2) is 57.5 Å². The van der Waals surface area contributed by atoms with Crippen molar-refractivity contribution in [1.82, 2.24) is 14.7 Å². The molecule has 1 amide bonds. The van der Waals surface area contributed by atoms with Crippen LogP contribution in [-0.2, 0) is 27.0 Å². The third kappa shape index (κ3) is 3.72. The van der Waals surface area contributed by atoms with Gasteiger partial charge in [-0.2, -0.15) is 18.3 Å². The van der Waals surface area contributed by atoms with E-state index >= 15 is 0 Å². The third-order valence-electron chi connectivity index (χ3n) is 2.92. The van der Waals surface area contributed by atoms with Crippen molar-refractivity contribution in [3.05, 3.63) is 18.0 Å². The molecule has 116 valence electrons. The number of carbonyl (C=O) groups excluding carboxylic acids is 1. The van der Waals surface area contributed by atoms with Gasteiger partial charge in [-0.1, -0.05) is 0 Å². The van der Waals surface area contributed by atoms with Gasteiger partial charge in [-0.3, -0.25) is 9.48 Å². The minimum absolute atomic E-state index is 0.0651. The molecule has 1 N–H and O–H groups in total. The molecular weight excluding hydrogens is 295 g/mol. The second-order valence-electron chi connectivity index (χ2n) is 4.43. The van der Waals surface area contributed by atoms with Gasteiger partial charge < -0.3 is 14.7 Å². The molecule has 2 heterocycles. The van der Waals surface area contributed by atoms with Crippen LogP contribution in [0.15, 0.2) is 12.3 Å². The maximum absolute atomic E-state index is 12.4. The van der Waals surface area contributed by atoms with Crippen molar-refractivity contribution in [2.75, 3.05) is 19.7 Å². The highest BCUT2D eigenvalue weighted by Crippen LogP contribution is 2.27. The van der Waals surface area contributed by atoms with Crippen LogP contribution in [0.1, 0.15) is 5.69 Å². The lowest BCUT2D eigenvalue weighted by molar-refractivity contribution is -0.159. The number of aliphatic carboxylic acids is 1. The minimum Gasteiger partial charge on any atom is -0.479 e. The number of amides is 1. The number of carboxylic acids is 1. The summed E-state index contributed by atoms with van der Waals surface area (Å²) in [6.07, 6.45) is -4.64. The Bertz CT molecular complexity index is 543. The Morgan fingerprint density at radius 2 is 2.19 bits per heavy atom. The zero-order valence-electron chi connectivity index (χ0n) is 10.7. The molecule has 0 spiro atoms. The van der Waals surface area contributed by atoms with E-state index in [4.69, 9.17) is 9.84 Å². The van der Waals surface area contributed by atoms with E-state index < -0.39 is 29.9 Å². The van der Waals surface area contributed by atoms with Gasteiger partial charge in [0.15, 0.2) is 11.8 Å². The van der Waals surface area contributed by atoms with Crippen LogP contribution in [0.2, 0.25) is 0 Å². The maximum Gasteiger partial charge on any atom is 0.435 e. The zero-order chi connectivity index (χ0) is 15.6. The van der Waals surface area contributed by atoms with Crippen LogP contribution in [0, 0.1) is 0 Å². The van der Waals surface area contributed by atoms with E-state index in [2.05, 4.69) is 5.10 Å². The van der Waals surface area contributed by atoms with E-state index in [9.17, 15) is 22.8 Å². The lowest BCUT2D eigenvalue weighted by Crippen LogP contribution is -2.49. The molecule has 21 heavy (non-hydrogen) atoms. The number of morpholine rings is 1. The normalized spacial score (nSPS) is 19.6. The minimum atomic E-state index is -4.57. The Hall–Kier alpha value is -2.10. The fraction of sp³-hybridized carbons (Fsp3) is 0.545.